The number of likely N-dealkylation sites (tertiary alicyclic amines) is 1. The first kappa shape index (κ1) is 55.2. The zero-order valence-corrected chi connectivity index (χ0v) is 39.9. The number of rotatable bonds is 44. The number of hydrogen-bond acceptors (Lipinski definition) is 8. The summed E-state index contributed by atoms with van der Waals surface area (Å²) in [5, 5.41) is 11.1. The lowest BCUT2D eigenvalue weighted by Crippen LogP contribution is -2.40. The van der Waals surface area contributed by atoms with Gasteiger partial charge in [0.15, 0.2) is 0 Å². The van der Waals surface area contributed by atoms with Crippen LogP contribution < -0.4 is 0 Å². The van der Waals surface area contributed by atoms with E-state index in [4.69, 9.17) is 9.47 Å². The number of carbonyl (C=O) groups excluding carboxylic acids is 2. The van der Waals surface area contributed by atoms with Crippen molar-refractivity contribution >= 4 is 23.7 Å². The van der Waals surface area contributed by atoms with Gasteiger partial charge in [0.1, 0.15) is 6.61 Å². The van der Waals surface area contributed by atoms with E-state index >= 15 is 0 Å². The van der Waals surface area contributed by atoms with Crippen molar-refractivity contribution in [1.82, 2.24) is 9.80 Å². The Kier molecular flexibility index (Phi) is 39.5. The highest BCUT2D eigenvalue weighted by molar-refractivity contribution is 7.99. The van der Waals surface area contributed by atoms with E-state index in [-0.39, 0.29) is 17.9 Å². The second-order valence-corrected chi connectivity index (χ2v) is 19.1. The summed E-state index contributed by atoms with van der Waals surface area (Å²) < 4.78 is 11.8. The van der Waals surface area contributed by atoms with Gasteiger partial charge in [-0.3, -0.25) is 14.5 Å². The van der Waals surface area contributed by atoms with E-state index in [0.29, 0.717) is 50.1 Å². The molecule has 1 saturated heterocycles. The molecule has 0 radical (unpaired) electrons. The summed E-state index contributed by atoms with van der Waals surface area (Å²) in [4.78, 5) is 31.0. The van der Waals surface area contributed by atoms with Crippen molar-refractivity contribution in [2.45, 2.75) is 233 Å². The second-order valence-electron chi connectivity index (χ2n) is 18.0. The minimum atomic E-state index is -0.498. The number of aliphatic hydroxyl groups is 1. The monoisotopic (exact) mass is 839 g/mol. The fourth-order valence-corrected chi connectivity index (χ4v) is 9.21. The van der Waals surface area contributed by atoms with Gasteiger partial charge in [0.2, 0.25) is 0 Å². The maximum absolute atomic E-state index is 13.1. The molecule has 0 amide bonds. The number of aliphatic hydroxyl groups excluding tert-OH is 1. The van der Waals surface area contributed by atoms with Crippen LogP contribution >= 0.6 is 11.8 Å². The molecule has 0 aromatic carbocycles. The van der Waals surface area contributed by atoms with Crippen LogP contribution in [0.2, 0.25) is 0 Å². The van der Waals surface area contributed by atoms with E-state index in [1.807, 2.05) is 0 Å². The Morgan fingerprint density at radius 3 is 1.60 bits per heavy atom. The highest BCUT2D eigenvalue weighted by Crippen LogP contribution is 2.22. The molecule has 0 aliphatic carbocycles. The van der Waals surface area contributed by atoms with Crippen LogP contribution in [0.3, 0.4) is 0 Å². The molecule has 0 aromatic rings. The van der Waals surface area contributed by atoms with Crippen LogP contribution in [0.1, 0.15) is 227 Å². The van der Waals surface area contributed by atoms with E-state index < -0.39 is 6.10 Å². The minimum Gasteiger partial charge on any atom is -0.465 e. The Morgan fingerprint density at radius 1 is 0.621 bits per heavy atom. The van der Waals surface area contributed by atoms with Crippen molar-refractivity contribution in [3.05, 3.63) is 0 Å². The zero-order valence-electron chi connectivity index (χ0n) is 39.1. The summed E-state index contributed by atoms with van der Waals surface area (Å²) in [5.74, 6) is 1.67. The van der Waals surface area contributed by atoms with Crippen molar-refractivity contribution < 1.29 is 24.2 Å². The van der Waals surface area contributed by atoms with Gasteiger partial charge >= 0.3 is 11.9 Å². The van der Waals surface area contributed by atoms with Gasteiger partial charge in [0, 0.05) is 37.7 Å². The lowest BCUT2D eigenvalue weighted by molar-refractivity contribution is -0.148. The molecule has 344 valence electrons. The first-order valence-corrected chi connectivity index (χ1v) is 26.6. The van der Waals surface area contributed by atoms with Gasteiger partial charge < -0.3 is 19.5 Å². The zero-order chi connectivity index (χ0) is 42.2. The first-order chi connectivity index (χ1) is 28.4. The third kappa shape index (κ3) is 33.8. The average Bonchev–Trinajstić information content (AvgIpc) is 3.75. The van der Waals surface area contributed by atoms with Crippen LogP contribution in [-0.4, -0.2) is 96.9 Å². The highest BCUT2D eigenvalue weighted by atomic mass is 32.2. The number of esters is 2. The van der Waals surface area contributed by atoms with Crippen LogP contribution in [0.25, 0.3) is 0 Å². The molecular weight excluding hydrogens is 741 g/mol. The van der Waals surface area contributed by atoms with Gasteiger partial charge in [-0.05, 0) is 57.5 Å². The van der Waals surface area contributed by atoms with Gasteiger partial charge in [0.25, 0.3) is 0 Å². The summed E-state index contributed by atoms with van der Waals surface area (Å²) >= 11 is 1.66. The minimum absolute atomic E-state index is 0.0203. The predicted molar refractivity (Wildman–Crippen MR) is 251 cm³/mol. The number of hydrogen-bond donors (Lipinski definition) is 1. The number of nitrogens with zero attached hydrogens (tertiary/aromatic N) is 2. The molecule has 1 N–H and O–H groups in total. The van der Waals surface area contributed by atoms with E-state index in [1.54, 1.807) is 11.8 Å². The van der Waals surface area contributed by atoms with Crippen LogP contribution in [0.4, 0.5) is 0 Å². The van der Waals surface area contributed by atoms with E-state index in [9.17, 15) is 14.7 Å². The Balaban J connectivity index is 2.53. The third-order valence-corrected chi connectivity index (χ3v) is 13.4. The Bertz CT molecular complexity index is 903. The van der Waals surface area contributed by atoms with E-state index in [1.165, 1.54) is 167 Å². The normalized spacial score (nSPS) is 14.9. The van der Waals surface area contributed by atoms with Crippen LogP contribution in [0, 0.1) is 11.8 Å². The smallest absolute Gasteiger partial charge is 0.308 e. The second kappa shape index (κ2) is 41.5. The number of carbonyl (C=O) groups is 2. The highest BCUT2D eigenvalue weighted by Gasteiger charge is 2.21. The molecule has 1 aliphatic rings. The van der Waals surface area contributed by atoms with E-state index in [2.05, 4.69) is 37.5 Å². The average molecular weight is 839 g/mol. The van der Waals surface area contributed by atoms with Crippen molar-refractivity contribution in [3.8, 4) is 0 Å². The van der Waals surface area contributed by atoms with Gasteiger partial charge in [0.05, 0.1) is 25.0 Å². The summed E-state index contributed by atoms with van der Waals surface area (Å²) in [6, 6.07) is 0. The quantitative estimate of drug-likeness (QED) is 0.0480. The standard InChI is InChI=1S/C50H98N2O5S/c1-5-9-13-17-20-21-23-26-32-46(31-25-22-18-14-10-6-2)44-57-49(54)35-38-52(40-39-51-36-29-30-37-51)43-48(53)45-58-42-41-56-50(55)47(33-27-16-12-8-4)34-28-24-19-15-11-7-3/h46-48,53H,5-45H2,1-4H3. The molecular formula is C50H98N2O5S. The van der Waals surface area contributed by atoms with Gasteiger partial charge in [-0.2, -0.15) is 11.8 Å². The predicted octanol–water partition coefficient (Wildman–Crippen LogP) is 13.2. The third-order valence-electron chi connectivity index (χ3n) is 12.4. The SMILES string of the molecule is CCCCCCCCCCC(CCCCCCCC)COC(=O)CCN(CCN1CCCC1)CC(O)CSCCOC(=O)C(CCCCCC)CCCCCCCC. The van der Waals surface area contributed by atoms with Gasteiger partial charge in [-0.1, -0.05) is 182 Å². The van der Waals surface area contributed by atoms with Gasteiger partial charge in [-0.25, -0.2) is 0 Å². The topological polar surface area (TPSA) is 79.3 Å². The summed E-state index contributed by atoms with van der Waals surface area (Å²) in [7, 11) is 0. The summed E-state index contributed by atoms with van der Waals surface area (Å²) in [6.07, 6.45) is 37.2. The number of unbranched alkanes of at least 4 members (excludes halogenated alkanes) is 20. The van der Waals surface area contributed by atoms with Crippen molar-refractivity contribution in [2.75, 3.05) is 64.0 Å². The van der Waals surface area contributed by atoms with E-state index in [0.717, 1.165) is 51.9 Å². The van der Waals surface area contributed by atoms with Gasteiger partial charge in [-0.15, -0.1) is 0 Å². The Hall–Kier alpha value is -0.830. The Morgan fingerprint density at radius 2 is 1.09 bits per heavy atom. The molecule has 3 atom stereocenters. The molecule has 0 saturated carbocycles. The summed E-state index contributed by atoms with van der Waals surface area (Å²) in [5.41, 5.74) is 0. The molecule has 0 spiro atoms. The lowest BCUT2D eigenvalue weighted by Gasteiger charge is -2.27. The molecule has 1 rings (SSSR count). The fraction of sp³-hybridized carbons (Fsp3) is 0.960. The maximum Gasteiger partial charge on any atom is 0.308 e. The van der Waals surface area contributed by atoms with Crippen LogP contribution in [-0.2, 0) is 19.1 Å². The van der Waals surface area contributed by atoms with Crippen LogP contribution in [0.15, 0.2) is 0 Å². The maximum atomic E-state index is 13.1. The number of ether oxygens (including phenoxy) is 2. The summed E-state index contributed by atoms with van der Waals surface area (Å²) in [6.45, 7) is 15.3. The fourth-order valence-electron chi connectivity index (χ4n) is 8.46. The van der Waals surface area contributed by atoms with Crippen molar-refractivity contribution in [3.63, 3.8) is 0 Å². The Labute approximate surface area is 365 Å². The molecule has 58 heavy (non-hydrogen) atoms. The van der Waals surface area contributed by atoms with Crippen molar-refractivity contribution in [1.29, 1.82) is 0 Å². The van der Waals surface area contributed by atoms with Crippen molar-refractivity contribution in [2.24, 2.45) is 11.8 Å². The molecule has 7 nitrogen and oxygen atoms in total. The lowest BCUT2D eigenvalue weighted by atomic mass is 9.94. The molecule has 1 heterocycles. The molecule has 1 fully saturated rings. The largest absolute Gasteiger partial charge is 0.465 e. The molecule has 0 aromatic heterocycles. The van der Waals surface area contributed by atoms with Crippen LogP contribution in [0.5, 0.6) is 0 Å². The molecule has 3 unspecified atom stereocenters. The molecule has 0 bridgehead atoms. The first-order valence-electron chi connectivity index (χ1n) is 25.5. The number of thioether (sulfide) groups is 1. The molecule has 1 aliphatic heterocycles. The molecule has 8 heteroatoms.